The number of halogens is 3. The van der Waals surface area contributed by atoms with Gasteiger partial charge in [0.05, 0.1) is 22.5 Å². The second kappa shape index (κ2) is 8.39. The van der Waals surface area contributed by atoms with E-state index in [4.69, 9.17) is 0 Å². The second-order valence-electron chi connectivity index (χ2n) is 7.28. The summed E-state index contributed by atoms with van der Waals surface area (Å²) < 4.78 is 42.2. The van der Waals surface area contributed by atoms with Crippen LogP contribution in [0.3, 0.4) is 0 Å². The molecule has 2 aromatic heterocycles. The molecule has 0 atom stereocenters. The SMILES string of the molecule is O=c1ccn(-c2cccc(C(F)(F)F)c2)nc1/C(=N\c1ccccc1)n1nnc2ccccc21. The molecule has 168 valence electrons. The van der Waals surface area contributed by atoms with Crippen molar-refractivity contribution in [3.63, 3.8) is 0 Å². The van der Waals surface area contributed by atoms with E-state index in [1.807, 2.05) is 6.07 Å². The highest BCUT2D eigenvalue weighted by Gasteiger charge is 2.30. The molecule has 0 aliphatic heterocycles. The van der Waals surface area contributed by atoms with Gasteiger partial charge in [-0.3, -0.25) is 4.79 Å². The summed E-state index contributed by atoms with van der Waals surface area (Å²) in [7, 11) is 0. The van der Waals surface area contributed by atoms with Crippen LogP contribution in [0.15, 0.2) is 101 Å². The van der Waals surface area contributed by atoms with Gasteiger partial charge in [-0.25, -0.2) is 9.67 Å². The Labute approximate surface area is 190 Å². The minimum atomic E-state index is -4.52. The highest BCUT2D eigenvalue weighted by atomic mass is 19.4. The van der Waals surface area contributed by atoms with E-state index in [0.29, 0.717) is 16.7 Å². The fraction of sp³-hybridized carbons (Fsp3) is 0.0417. The van der Waals surface area contributed by atoms with E-state index in [-0.39, 0.29) is 17.2 Å². The molecule has 10 heteroatoms. The lowest BCUT2D eigenvalue weighted by Crippen LogP contribution is -2.27. The molecule has 0 amide bonds. The van der Waals surface area contributed by atoms with Crippen LogP contribution in [-0.4, -0.2) is 30.6 Å². The van der Waals surface area contributed by atoms with Gasteiger partial charge in [0.15, 0.2) is 11.5 Å². The fourth-order valence-electron chi connectivity index (χ4n) is 3.38. The fourth-order valence-corrected chi connectivity index (χ4v) is 3.38. The quantitative estimate of drug-likeness (QED) is 0.291. The standard InChI is InChI=1S/C24H15F3N6O/c25-24(26,27)16-7-6-10-18(15-16)32-14-13-21(34)22(30-32)23(28-17-8-2-1-3-9-17)33-20-12-5-4-11-19(20)29-31-33/h1-15H/b28-23+. The van der Waals surface area contributed by atoms with Crippen LogP contribution in [0.2, 0.25) is 0 Å². The van der Waals surface area contributed by atoms with Gasteiger partial charge < -0.3 is 0 Å². The molecule has 34 heavy (non-hydrogen) atoms. The molecule has 5 aromatic rings. The number of hydrogen-bond donors (Lipinski definition) is 0. The lowest BCUT2D eigenvalue weighted by Gasteiger charge is -2.12. The molecule has 0 saturated carbocycles. The summed E-state index contributed by atoms with van der Waals surface area (Å²) in [4.78, 5) is 17.5. The third-order valence-electron chi connectivity index (χ3n) is 5.00. The van der Waals surface area contributed by atoms with E-state index < -0.39 is 17.2 Å². The van der Waals surface area contributed by atoms with Crippen LogP contribution in [0.25, 0.3) is 16.7 Å². The van der Waals surface area contributed by atoms with Crippen molar-refractivity contribution >= 4 is 22.6 Å². The first-order chi connectivity index (χ1) is 16.4. The van der Waals surface area contributed by atoms with Crippen molar-refractivity contribution in [3.05, 3.63) is 113 Å². The van der Waals surface area contributed by atoms with Crippen molar-refractivity contribution in [2.45, 2.75) is 6.18 Å². The Morgan fingerprint density at radius 1 is 0.882 bits per heavy atom. The number of para-hydroxylation sites is 2. The van der Waals surface area contributed by atoms with Crippen LogP contribution in [-0.2, 0) is 6.18 Å². The maximum absolute atomic E-state index is 13.2. The number of alkyl halides is 3. The van der Waals surface area contributed by atoms with E-state index in [9.17, 15) is 18.0 Å². The zero-order valence-electron chi connectivity index (χ0n) is 17.4. The van der Waals surface area contributed by atoms with E-state index >= 15 is 0 Å². The number of benzene rings is 3. The molecule has 7 nitrogen and oxygen atoms in total. The molecule has 0 aliphatic rings. The monoisotopic (exact) mass is 460 g/mol. The molecule has 0 saturated heterocycles. The molecule has 5 rings (SSSR count). The van der Waals surface area contributed by atoms with Gasteiger partial charge in [0.2, 0.25) is 5.43 Å². The van der Waals surface area contributed by atoms with Crippen LogP contribution < -0.4 is 5.43 Å². The maximum atomic E-state index is 13.2. The number of nitrogens with zero attached hydrogens (tertiary/aromatic N) is 6. The first-order valence-electron chi connectivity index (χ1n) is 10.1. The lowest BCUT2D eigenvalue weighted by molar-refractivity contribution is -0.137. The number of rotatable bonds is 3. The van der Waals surface area contributed by atoms with E-state index in [1.54, 1.807) is 48.5 Å². The Morgan fingerprint density at radius 2 is 1.65 bits per heavy atom. The van der Waals surface area contributed by atoms with Crippen LogP contribution in [0.1, 0.15) is 11.3 Å². The summed E-state index contributed by atoms with van der Waals surface area (Å²) in [6, 6.07) is 21.9. The first kappa shape index (κ1) is 21.3. The van der Waals surface area contributed by atoms with E-state index in [2.05, 4.69) is 20.4 Å². The maximum Gasteiger partial charge on any atom is 0.416 e. The number of aliphatic imine (C=N–C) groups is 1. The molecular weight excluding hydrogens is 445 g/mol. The Kier molecular flexibility index (Phi) is 5.25. The van der Waals surface area contributed by atoms with Gasteiger partial charge in [-0.1, -0.05) is 41.6 Å². The Hall–Kier alpha value is -4.60. The van der Waals surface area contributed by atoms with Gasteiger partial charge in [0.1, 0.15) is 5.52 Å². The molecule has 3 aromatic carbocycles. The summed E-state index contributed by atoms with van der Waals surface area (Å²) in [5.41, 5.74) is 0.445. The van der Waals surface area contributed by atoms with E-state index in [1.165, 1.54) is 33.8 Å². The normalized spacial score (nSPS) is 12.3. The largest absolute Gasteiger partial charge is 0.416 e. The third-order valence-corrected chi connectivity index (χ3v) is 5.00. The Morgan fingerprint density at radius 3 is 2.44 bits per heavy atom. The predicted octanol–water partition coefficient (Wildman–Crippen LogP) is 4.62. The number of fused-ring (bicyclic) bond motifs is 1. The van der Waals surface area contributed by atoms with Gasteiger partial charge in [0, 0.05) is 12.3 Å². The average molecular weight is 460 g/mol. The van der Waals surface area contributed by atoms with Crippen molar-refractivity contribution in [1.29, 1.82) is 0 Å². The van der Waals surface area contributed by atoms with Crippen LogP contribution >= 0.6 is 0 Å². The second-order valence-corrected chi connectivity index (χ2v) is 7.28. The van der Waals surface area contributed by atoms with Crippen LogP contribution in [0, 0.1) is 0 Å². The van der Waals surface area contributed by atoms with Crippen molar-refractivity contribution < 1.29 is 13.2 Å². The highest BCUT2D eigenvalue weighted by molar-refractivity contribution is 6.03. The summed E-state index contributed by atoms with van der Waals surface area (Å²) in [5, 5.41) is 12.6. The minimum Gasteiger partial charge on any atom is -0.287 e. The molecule has 0 fully saturated rings. The van der Waals surface area contributed by atoms with Gasteiger partial charge in [-0.2, -0.15) is 23.0 Å². The molecular formula is C24H15F3N6O. The average Bonchev–Trinajstić information content (AvgIpc) is 3.27. The molecule has 0 bridgehead atoms. The summed E-state index contributed by atoms with van der Waals surface area (Å²) in [5.74, 6) is 0.0891. The van der Waals surface area contributed by atoms with Crippen LogP contribution in [0.5, 0.6) is 0 Å². The third kappa shape index (κ3) is 4.08. The summed E-state index contributed by atoms with van der Waals surface area (Å²) in [6.45, 7) is 0. The topological polar surface area (TPSA) is 78.0 Å². The Balaban J connectivity index is 1.72. The zero-order valence-corrected chi connectivity index (χ0v) is 17.4. The molecule has 2 heterocycles. The predicted molar refractivity (Wildman–Crippen MR) is 120 cm³/mol. The number of hydrogen-bond acceptors (Lipinski definition) is 5. The van der Waals surface area contributed by atoms with E-state index in [0.717, 1.165) is 12.1 Å². The zero-order chi connectivity index (χ0) is 23.7. The smallest absolute Gasteiger partial charge is 0.287 e. The minimum absolute atomic E-state index is 0.0891. The van der Waals surface area contributed by atoms with Crippen LogP contribution in [0.4, 0.5) is 18.9 Å². The summed E-state index contributed by atoms with van der Waals surface area (Å²) >= 11 is 0. The van der Waals surface area contributed by atoms with Gasteiger partial charge in [-0.05, 0) is 42.5 Å². The van der Waals surface area contributed by atoms with Gasteiger partial charge in [-0.15, -0.1) is 5.10 Å². The molecule has 0 aliphatic carbocycles. The molecule has 0 N–H and O–H groups in total. The van der Waals surface area contributed by atoms with Crippen molar-refractivity contribution in [2.24, 2.45) is 4.99 Å². The first-order valence-corrected chi connectivity index (χ1v) is 10.1. The summed E-state index contributed by atoms with van der Waals surface area (Å²) in [6.07, 6.45) is -3.21. The highest BCUT2D eigenvalue weighted by Crippen LogP contribution is 2.30. The number of aromatic nitrogens is 5. The molecule has 0 radical (unpaired) electrons. The Bertz CT molecular complexity index is 1570. The molecule has 0 spiro atoms. The van der Waals surface area contributed by atoms with Crippen molar-refractivity contribution in [1.82, 2.24) is 24.8 Å². The van der Waals surface area contributed by atoms with Gasteiger partial charge >= 0.3 is 6.18 Å². The molecule has 0 unspecified atom stereocenters. The van der Waals surface area contributed by atoms with Crippen molar-refractivity contribution in [2.75, 3.05) is 0 Å². The van der Waals surface area contributed by atoms with Gasteiger partial charge in [0.25, 0.3) is 0 Å². The van der Waals surface area contributed by atoms with Crippen molar-refractivity contribution in [3.8, 4) is 5.69 Å². The lowest BCUT2D eigenvalue weighted by atomic mass is 10.2.